The Kier molecular flexibility index (Phi) is 3.39. The van der Waals surface area contributed by atoms with Gasteiger partial charge in [0.25, 0.3) is 0 Å². The van der Waals surface area contributed by atoms with Crippen LogP contribution in [0.5, 0.6) is 5.75 Å². The van der Waals surface area contributed by atoms with E-state index in [2.05, 4.69) is 21.4 Å². The molecule has 0 spiro atoms. The second-order valence-electron chi connectivity index (χ2n) is 3.57. The lowest BCUT2D eigenvalue weighted by Crippen LogP contribution is -1.97. The number of nitrogens with zero attached hydrogens (tertiary/aromatic N) is 3. The van der Waals surface area contributed by atoms with Crippen molar-refractivity contribution in [3.05, 3.63) is 36.2 Å². The molecule has 0 fully saturated rings. The molecule has 0 aliphatic carbocycles. The van der Waals surface area contributed by atoms with Gasteiger partial charge in [-0.25, -0.2) is 4.98 Å². The van der Waals surface area contributed by atoms with Crippen molar-refractivity contribution in [2.24, 2.45) is 0 Å². The summed E-state index contributed by atoms with van der Waals surface area (Å²) in [6.07, 6.45) is 3.27. The highest BCUT2D eigenvalue weighted by molar-refractivity contribution is 5.69. The van der Waals surface area contributed by atoms with Crippen molar-refractivity contribution in [2.75, 3.05) is 19.5 Å². The third-order valence-electron chi connectivity index (χ3n) is 2.50. The highest BCUT2D eigenvalue weighted by atomic mass is 16.5. The highest BCUT2D eigenvalue weighted by Gasteiger charge is 2.09. The molecule has 0 saturated heterocycles. The van der Waals surface area contributed by atoms with E-state index in [0.717, 1.165) is 5.56 Å². The minimum Gasteiger partial charge on any atom is -0.496 e. The number of nitrogens with one attached hydrogen (secondary N) is 1. The van der Waals surface area contributed by atoms with E-state index >= 15 is 0 Å². The number of nitriles is 1. The maximum absolute atomic E-state index is 8.93. The van der Waals surface area contributed by atoms with Crippen LogP contribution >= 0.6 is 0 Å². The molecule has 1 aromatic heterocycles. The second kappa shape index (κ2) is 5.15. The van der Waals surface area contributed by atoms with E-state index in [9.17, 15) is 0 Å². The fourth-order valence-electron chi connectivity index (χ4n) is 1.59. The Bertz CT molecular complexity index is 604. The summed E-state index contributed by atoms with van der Waals surface area (Å²) in [5.41, 5.74) is 1.97. The van der Waals surface area contributed by atoms with E-state index < -0.39 is 0 Å². The molecule has 0 aliphatic heterocycles. The zero-order valence-electron chi connectivity index (χ0n) is 10.1. The van der Waals surface area contributed by atoms with Gasteiger partial charge in [0.1, 0.15) is 11.6 Å². The fraction of sp³-hybridized carbons (Fsp3) is 0.154. The van der Waals surface area contributed by atoms with Gasteiger partial charge in [0, 0.05) is 12.6 Å². The van der Waals surface area contributed by atoms with E-state index in [1.54, 1.807) is 44.8 Å². The lowest BCUT2D eigenvalue weighted by atomic mass is 10.1. The molecule has 0 bridgehead atoms. The summed E-state index contributed by atoms with van der Waals surface area (Å²) in [7, 11) is 3.36. The monoisotopic (exact) mass is 240 g/mol. The summed E-state index contributed by atoms with van der Waals surface area (Å²) in [4.78, 5) is 8.48. The second-order valence-corrected chi connectivity index (χ2v) is 3.57. The lowest BCUT2D eigenvalue weighted by Gasteiger charge is -2.09. The number of aromatic nitrogens is 2. The van der Waals surface area contributed by atoms with Crippen LogP contribution in [0.3, 0.4) is 0 Å². The first kappa shape index (κ1) is 11.9. The highest BCUT2D eigenvalue weighted by Crippen LogP contribution is 2.29. The maximum atomic E-state index is 8.93. The van der Waals surface area contributed by atoms with Crippen LogP contribution in [-0.4, -0.2) is 24.1 Å². The van der Waals surface area contributed by atoms with E-state index in [1.807, 2.05) is 0 Å². The molecule has 5 heteroatoms. The van der Waals surface area contributed by atoms with Gasteiger partial charge < -0.3 is 10.1 Å². The Hall–Kier alpha value is -2.61. The standard InChI is InChI=1S/C13H12N4O/c1-15-13-8-16-7-11(17-13)10-5-9(6-14)3-4-12(10)18-2/h3-5,7-8H,1-2H3,(H,15,17). The maximum Gasteiger partial charge on any atom is 0.144 e. The SMILES string of the molecule is CNc1cncc(-c2cc(C#N)ccc2OC)n1. The number of rotatable bonds is 3. The van der Waals surface area contributed by atoms with Gasteiger partial charge in [-0.05, 0) is 18.2 Å². The summed E-state index contributed by atoms with van der Waals surface area (Å²) in [6, 6.07) is 7.29. The zero-order valence-corrected chi connectivity index (χ0v) is 10.1. The first-order valence-electron chi connectivity index (χ1n) is 5.36. The van der Waals surface area contributed by atoms with Crippen LogP contribution in [0.25, 0.3) is 11.3 Å². The Balaban J connectivity index is 2.57. The van der Waals surface area contributed by atoms with Gasteiger partial charge in [0.2, 0.25) is 0 Å². The normalized spacial score (nSPS) is 9.61. The van der Waals surface area contributed by atoms with E-state index in [0.29, 0.717) is 22.8 Å². The van der Waals surface area contributed by atoms with Crippen molar-refractivity contribution in [2.45, 2.75) is 0 Å². The molecular formula is C13H12N4O. The van der Waals surface area contributed by atoms with Crippen molar-refractivity contribution in [1.29, 1.82) is 5.26 Å². The third-order valence-corrected chi connectivity index (χ3v) is 2.50. The molecule has 18 heavy (non-hydrogen) atoms. The van der Waals surface area contributed by atoms with Crippen molar-refractivity contribution in [3.8, 4) is 23.1 Å². The van der Waals surface area contributed by atoms with Crippen LogP contribution in [0.1, 0.15) is 5.56 Å². The fourth-order valence-corrected chi connectivity index (χ4v) is 1.59. The largest absolute Gasteiger partial charge is 0.496 e. The van der Waals surface area contributed by atoms with Crippen LogP contribution < -0.4 is 10.1 Å². The Morgan fingerprint density at radius 2 is 2.17 bits per heavy atom. The van der Waals surface area contributed by atoms with Crippen LogP contribution in [0, 0.1) is 11.3 Å². The first-order valence-corrected chi connectivity index (χ1v) is 5.36. The average molecular weight is 240 g/mol. The predicted octanol–water partition coefficient (Wildman–Crippen LogP) is 2.07. The molecule has 1 heterocycles. The van der Waals surface area contributed by atoms with Gasteiger partial charge in [-0.15, -0.1) is 0 Å². The number of ether oxygens (including phenoxy) is 1. The summed E-state index contributed by atoms with van der Waals surface area (Å²) >= 11 is 0. The van der Waals surface area contributed by atoms with Gasteiger partial charge in [0.05, 0.1) is 36.8 Å². The number of hydrogen-bond donors (Lipinski definition) is 1. The van der Waals surface area contributed by atoms with E-state index in [-0.39, 0.29) is 0 Å². The predicted molar refractivity (Wildman–Crippen MR) is 68.3 cm³/mol. The third kappa shape index (κ3) is 2.23. The van der Waals surface area contributed by atoms with Crippen LogP contribution in [0.15, 0.2) is 30.6 Å². The summed E-state index contributed by atoms with van der Waals surface area (Å²) in [5.74, 6) is 1.33. The number of hydrogen-bond acceptors (Lipinski definition) is 5. The zero-order chi connectivity index (χ0) is 13.0. The molecule has 0 saturated carbocycles. The van der Waals surface area contributed by atoms with Gasteiger partial charge in [-0.3, -0.25) is 4.98 Å². The van der Waals surface area contributed by atoms with Crippen molar-refractivity contribution >= 4 is 5.82 Å². The lowest BCUT2D eigenvalue weighted by molar-refractivity contribution is 0.416. The quantitative estimate of drug-likeness (QED) is 0.889. The van der Waals surface area contributed by atoms with Gasteiger partial charge in [-0.2, -0.15) is 5.26 Å². The van der Waals surface area contributed by atoms with Gasteiger partial charge >= 0.3 is 0 Å². The molecule has 0 amide bonds. The molecule has 2 aromatic rings. The van der Waals surface area contributed by atoms with Crippen LogP contribution in [-0.2, 0) is 0 Å². The Labute approximate surface area is 105 Å². The van der Waals surface area contributed by atoms with Crippen molar-refractivity contribution < 1.29 is 4.74 Å². The number of benzene rings is 1. The molecular weight excluding hydrogens is 228 g/mol. The molecule has 5 nitrogen and oxygen atoms in total. The molecule has 0 unspecified atom stereocenters. The summed E-state index contributed by atoms with van der Waals surface area (Å²) in [6.45, 7) is 0. The number of methoxy groups -OCH3 is 1. The smallest absolute Gasteiger partial charge is 0.144 e. The van der Waals surface area contributed by atoms with Crippen molar-refractivity contribution in [1.82, 2.24) is 9.97 Å². The summed E-state index contributed by atoms with van der Waals surface area (Å²) < 4.78 is 5.28. The Morgan fingerprint density at radius 3 is 2.83 bits per heavy atom. The van der Waals surface area contributed by atoms with Crippen molar-refractivity contribution in [3.63, 3.8) is 0 Å². The Morgan fingerprint density at radius 1 is 1.33 bits per heavy atom. The molecule has 0 aliphatic rings. The molecule has 90 valence electrons. The van der Waals surface area contributed by atoms with Crippen LogP contribution in [0.2, 0.25) is 0 Å². The van der Waals surface area contributed by atoms with Gasteiger partial charge in [-0.1, -0.05) is 0 Å². The molecule has 1 aromatic carbocycles. The average Bonchev–Trinajstić information content (AvgIpc) is 2.46. The molecule has 0 atom stereocenters. The van der Waals surface area contributed by atoms with E-state index in [1.165, 1.54) is 0 Å². The summed E-state index contributed by atoms with van der Waals surface area (Å²) in [5, 5.41) is 11.9. The molecule has 0 radical (unpaired) electrons. The minimum absolute atomic E-state index is 0.558. The molecule has 1 N–H and O–H groups in total. The van der Waals surface area contributed by atoms with Crippen LogP contribution in [0.4, 0.5) is 5.82 Å². The van der Waals surface area contributed by atoms with E-state index in [4.69, 9.17) is 10.00 Å². The van der Waals surface area contributed by atoms with Gasteiger partial charge in [0.15, 0.2) is 0 Å². The molecule has 2 rings (SSSR count). The minimum atomic E-state index is 0.558. The number of anilines is 1. The first-order chi connectivity index (χ1) is 8.78. The topological polar surface area (TPSA) is 70.8 Å².